The van der Waals surface area contributed by atoms with Gasteiger partial charge in [-0.1, -0.05) is 6.07 Å². The van der Waals surface area contributed by atoms with E-state index in [0.717, 1.165) is 12.8 Å². The topological polar surface area (TPSA) is 57.0 Å². The van der Waals surface area contributed by atoms with Crippen molar-refractivity contribution in [3.05, 3.63) is 28.5 Å². The lowest BCUT2D eigenvalue weighted by Gasteiger charge is -2.20. The van der Waals surface area contributed by atoms with Gasteiger partial charge in [0.05, 0.1) is 12.5 Å². The monoisotopic (exact) mass is 293 g/mol. The predicted octanol–water partition coefficient (Wildman–Crippen LogP) is 2.36. The zero-order valence-electron chi connectivity index (χ0n) is 9.27. The van der Waals surface area contributed by atoms with Crippen LogP contribution in [0.4, 0.5) is 0 Å². The maximum Gasteiger partial charge on any atom is 0.272 e. The van der Waals surface area contributed by atoms with Gasteiger partial charge in [0.25, 0.3) is 5.91 Å². The Morgan fingerprint density at radius 3 is 2.94 bits per heavy atom. The van der Waals surface area contributed by atoms with Crippen molar-refractivity contribution in [3.63, 3.8) is 0 Å². The lowest BCUT2D eigenvalue weighted by Crippen LogP contribution is -2.34. The summed E-state index contributed by atoms with van der Waals surface area (Å²) in [4.78, 5) is 18.1. The van der Waals surface area contributed by atoms with Crippen molar-refractivity contribution in [1.82, 2.24) is 9.88 Å². The fourth-order valence-corrected chi connectivity index (χ4v) is 2.02. The molecule has 0 saturated heterocycles. The third kappa shape index (κ3) is 3.04. The summed E-state index contributed by atoms with van der Waals surface area (Å²) in [6, 6.07) is 7.66. The van der Waals surface area contributed by atoms with Gasteiger partial charge < -0.3 is 4.90 Å². The van der Waals surface area contributed by atoms with E-state index >= 15 is 0 Å². The van der Waals surface area contributed by atoms with E-state index in [0.29, 0.717) is 29.3 Å². The number of aromatic nitrogens is 1. The Balaban J connectivity index is 2.13. The van der Waals surface area contributed by atoms with Gasteiger partial charge in [0.1, 0.15) is 10.3 Å². The molecule has 1 heterocycles. The van der Waals surface area contributed by atoms with Crippen LogP contribution in [0.3, 0.4) is 0 Å². The summed E-state index contributed by atoms with van der Waals surface area (Å²) in [7, 11) is 0. The Bertz CT molecular complexity index is 465. The molecule has 0 spiro atoms. The molecule has 4 nitrogen and oxygen atoms in total. The van der Waals surface area contributed by atoms with E-state index in [4.69, 9.17) is 5.26 Å². The molecule has 5 heteroatoms. The third-order valence-electron chi connectivity index (χ3n) is 2.65. The normalized spacial score (nSPS) is 14.1. The van der Waals surface area contributed by atoms with E-state index in [9.17, 15) is 4.79 Å². The Morgan fingerprint density at radius 2 is 2.35 bits per heavy atom. The molecule has 0 aromatic carbocycles. The van der Waals surface area contributed by atoms with Gasteiger partial charge in [-0.3, -0.25) is 4.79 Å². The number of carbonyl (C=O) groups excluding carboxylic acids is 1. The molecule has 0 radical (unpaired) electrons. The van der Waals surface area contributed by atoms with Crippen LogP contribution in [0.25, 0.3) is 0 Å². The maximum atomic E-state index is 12.2. The number of amides is 1. The second-order valence-electron chi connectivity index (χ2n) is 3.98. The van der Waals surface area contributed by atoms with Crippen molar-refractivity contribution in [2.24, 2.45) is 0 Å². The molecule has 1 amide bonds. The predicted molar refractivity (Wildman–Crippen MR) is 66.2 cm³/mol. The number of rotatable bonds is 4. The molecule has 88 valence electrons. The van der Waals surface area contributed by atoms with Crippen LogP contribution in [-0.4, -0.2) is 28.4 Å². The molecule has 1 fully saturated rings. The van der Waals surface area contributed by atoms with Crippen molar-refractivity contribution in [2.45, 2.75) is 25.3 Å². The van der Waals surface area contributed by atoms with Crippen LogP contribution in [0.2, 0.25) is 0 Å². The highest BCUT2D eigenvalue weighted by molar-refractivity contribution is 9.10. The van der Waals surface area contributed by atoms with E-state index in [1.807, 2.05) is 0 Å². The molecule has 0 bridgehead atoms. The van der Waals surface area contributed by atoms with Crippen molar-refractivity contribution < 1.29 is 4.79 Å². The lowest BCUT2D eigenvalue weighted by molar-refractivity contribution is 0.0740. The molecular weight excluding hydrogens is 282 g/mol. The summed E-state index contributed by atoms with van der Waals surface area (Å²) in [5, 5.41) is 8.60. The second-order valence-corrected chi connectivity index (χ2v) is 4.80. The zero-order valence-corrected chi connectivity index (χ0v) is 10.9. The first-order valence-electron chi connectivity index (χ1n) is 5.53. The van der Waals surface area contributed by atoms with Gasteiger partial charge in [-0.2, -0.15) is 5.26 Å². The highest BCUT2D eigenvalue weighted by atomic mass is 79.9. The Kier molecular flexibility index (Phi) is 3.75. The third-order valence-corrected chi connectivity index (χ3v) is 3.09. The van der Waals surface area contributed by atoms with E-state index in [1.54, 1.807) is 23.1 Å². The van der Waals surface area contributed by atoms with Crippen LogP contribution in [0.5, 0.6) is 0 Å². The van der Waals surface area contributed by atoms with Gasteiger partial charge in [-0.15, -0.1) is 0 Å². The van der Waals surface area contributed by atoms with Crippen LogP contribution < -0.4 is 0 Å². The van der Waals surface area contributed by atoms with Crippen LogP contribution >= 0.6 is 15.9 Å². The number of hydrogen-bond donors (Lipinski definition) is 0. The van der Waals surface area contributed by atoms with E-state index in [2.05, 4.69) is 27.0 Å². The molecule has 0 unspecified atom stereocenters. The molecule has 1 aliphatic carbocycles. The number of halogens is 1. The molecule has 1 aliphatic rings. The first-order valence-corrected chi connectivity index (χ1v) is 6.32. The SMILES string of the molecule is N#CCCN(C(=O)c1cccc(Br)n1)C1CC1. The highest BCUT2D eigenvalue weighted by Gasteiger charge is 2.33. The number of pyridine rings is 1. The fraction of sp³-hybridized carbons (Fsp3) is 0.417. The standard InChI is InChI=1S/C12H12BrN3O/c13-11-4-1-3-10(15-11)12(17)16(8-2-7-14)9-5-6-9/h1,3-4,9H,2,5-6,8H2. The quantitative estimate of drug-likeness (QED) is 0.801. The van der Waals surface area contributed by atoms with Gasteiger partial charge in [-0.05, 0) is 40.9 Å². The minimum atomic E-state index is -0.0796. The van der Waals surface area contributed by atoms with Crippen molar-refractivity contribution in [3.8, 4) is 6.07 Å². The first kappa shape index (κ1) is 12.1. The summed E-state index contributed by atoms with van der Waals surface area (Å²) in [6.07, 6.45) is 2.44. The van der Waals surface area contributed by atoms with E-state index in [1.165, 1.54) is 0 Å². The number of hydrogen-bond acceptors (Lipinski definition) is 3. The Labute approximate surface area is 108 Å². The summed E-state index contributed by atoms with van der Waals surface area (Å²) in [6.45, 7) is 0.494. The van der Waals surface area contributed by atoms with Crippen molar-refractivity contribution in [2.75, 3.05) is 6.54 Å². The van der Waals surface area contributed by atoms with Crippen LogP contribution in [0.15, 0.2) is 22.8 Å². The second kappa shape index (κ2) is 5.28. The average molecular weight is 294 g/mol. The van der Waals surface area contributed by atoms with Gasteiger partial charge >= 0.3 is 0 Å². The van der Waals surface area contributed by atoms with Crippen molar-refractivity contribution >= 4 is 21.8 Å². The smallest absolute Gasteiger partial charge is 0.272 e. The molecule has 1 aromatic heterocycles. The molecule has 0 N–H and O–H groups in total. The molecule has 2 rings (SSSR count). The first-order chi connectivity index (χ1) is 8.22. The van der Waals surface area contributed by atoms with Gasteiger partial charge in [0.15, 0.2) is 0 Å². The largest absolute Gasteiger partial charge is 0.333 e. The minimum absolute atomic E-state index is 0.0796. The van der Waals surface area contributed by atoms with E-state index < -0.39 is 0 Å². The Hall–Kier alpha value is -1.41. The molecule has 0 atom stereocenters. The fourth-order valence-electron chi connectivity index (χ4n) is 1.68. The molecule has 1 saturated carbocycles. The summed E-state index contributed by atoms with van der Waals surface area (Å²) in [5.74, 6) is -0.0796. The molecule has 17 heavy (non-hydrogen) atoms. The maximum absolute atomic E-state index is 12.2. The van der Waals surface area contributed by atoms with E-state index in [-0.39, 0.29) is 5.91 Å². The van der Waals surface area contributed by atoms with Crippen LogP contribution in [-0.2, 0) is 0 Å². The van der Waals surface area contributed by atoms with Crippen LogP contribution in [0, 0.1) is 11.3 Å². The molecule has 1 aromatic rings. The zero-order chi connectivity index (χ0) is 12.3. The lowest BCUT2D eigenvalue weighted by atomic mass is 10.3. The summed E-state index contributed by atoms with van der Waals surface area (Å²) in [5.41, 5.74) is 0.434. The van der Waals surface area contributed by atoms with Gasteiger partial charge in [-0.25, -0.2) is 4.98 Å². The molecular formula is C12H12BrN3O. The Morgan fingerprint density at radius 1 is 1.59 bits per heavy atom. The molecule has 0 aliphatic heterocycles. The van der Waals surface area contributed by atoms with Crippen molar-refractivity contribution in [1.29, 1.82) is 5.26 Å². The number of nitriles is 1. The average Bonchev–Trinajstić information content (AvgIpc) is 3.14. The summed E-state index contributed by atoms with van der Waals surface area (Å²) < 4.78 is 0.652. The van der Waals surface area contributed by atoms with Gasteiger partial charge in [0, 0.05) is 12.6 Å². The highest BCUT2D eigenvalue weighted by Crippen LogP contribution is 2.28. The minimum Gasteiger partial charge on any atom is -0.333 e. The van der Waals surface area contributed by atoms with Crippen LogP contribution in [0.1, 0.15) is 29.8 Å². The number of carbonyl (C=O) groups is 1. The van der Waals surface area contributed by atoms with Gasteiger partial charge in [0.2, 0.25) is 0 Å². The summed E-state index contributed by atoms with van der Waals surface area (Å²) >= 11 is 3.25. The number of nitrogens with zero attached hydrogens (tertiary/aromatic N) is 3.